The number of carbonyl (C=O) groups is 1. The van der Waals surface area contributed by atoms with Crippen LogP contribution in [-0.4, -0.2) is 28.7 Å². The SMILES string of the molecule is O=C(Nc1ccccc1)N(Cc1cc2cc3c(cc2[nH]c1=O)OCO3)C1CCCCC1. The molecule has 1 aliphatic heterocycles. The van der Waals surface area contributed by atoms with Gasteiger partial charge in [-0.2, -0.15) is 0 Å². The Balaban J connectivity index is 1.46. The van der Waals surface area contributed by atoms with Crippen LogP contribution in [0.1, 0.15) is 37.7 Å². The van der Waals surface area contributed by atoms with Crippen LogP contribution in [0.3, 0.4) is 0 Å². The third-order valence-corrected chi connectivity index (χ3v) is 6.06. The van der Waals surface area contributed by atoms with E-state index in [1.165, 1.54) is 6.42 Å². The van der Waals surface area contributed by atoms with Crippen LogP contribution >= 0.6 is 0 Å². The molecule has 0 radical (unpaired) electrons. The van der Waals surface area contributed by atoms with Crippen LogP contribution < -0.4 is 20.3 Å². The summed E-state index contributed by atoms with van der Waals surface area (Å²) in [4.78, 5) is 30.8. The number of anilines is 1. The van der Waals surface area contributed by atoms with Gasteiger partial charge in [0.15, 0.2) is 11.5 Å². The van der Waals surface area contributed by atoms with Crippen LogP contribution in [-0.2, 0) is 6.54 Å². The molecule has 2 aliphatic rings. The topological polar surface area (TPSA) is 83.7 Å². The number of carbonyl (C=O) groups excluding carboxylic acids is 1. The fourth-order valence-electron chi connectivity index (χ4n) is 4.42. The molecule has 1 aliphatic carbocycles. The van der Waals surface area contributed by atoms with E-state index in [9.17, 15) is 9.59 Å². The number of benzene rings is 2. The van der Waals surface area contributed by atoms with Crippen molar-refractivity contribution in [2.24, 2.45) is 0 Å². The van der Waals surface area contributed by atoms with E-state index in [0.717, 1.165) is 36.8 Å². The molecular formula is C24H25N3O4. The van der Waals surface area contributed by atoms with Crippen molar-refractivity contribution in [2.75, 3.05) is 12.1 Å². The summed E-state index contributed by atoms with van der Waals surface area (Å²) in [7, 11) is 0. The fourth-order valence-corrected chi connectivity index (χ4v) is 4.42. The van der Waals surface area contributed by atoms with Crippen LogP contribution in [0.5, 0.6) is 11.5 Å². The second kappa shape index (κ2) is 8.34. The van der Waals surface area contributed by atoms with E-state index in [2.05, 4.69) is 10.3 Å². The zero-order chi connectivity index (χ0) is 21.2. The Morgan fingerprint density at radius 2 is 1.77 bits per heavy atom. The van der Waals surface area contributed by atoms with Crippen LogP contribution in [0.4, 0.5) is 10.5 Å². The average molecular weight is 419 g/mol. The minimum atomic E-state index is -0.195. The van der Waals surface area contributed by atoms with Gasteiger partial charge in [0.2, 0.25) is 6.79 Å². The summed E-state index contributed by atoms with van der Waals surface area (Å²) in [5.74, 6) is 1.29. The first-order valence-corrected chi connectivity index (χ1v) is 10.8. The van der Waals surface area contributed by atoms with Crippen LogP contribution in [0.25, 0.3) is 10.9 Å². The minimum Gasteiger partial charge on any atom is -0.454 e. The maximum absolute atomic E-state index is 13.2. The molecule has 7 heteroatoms. The average Bonchev–Trinajstić information content (AvgIpc) is 3.24. The molecule has 5 rings (SSSR count). The second-order valence-electron chi connectivity index (χ2n) is 8.13. The highest BCUT2D eigenvalue weighted by Crippen LogP contribution is 2.35. The number of rotatable bonds is 4. The van der Waals surface area contributed by atoms with Gasteiger partial charge in [-0.05, 0) is 37.1 Å². The maximum atomic E-state index is 13.2. The van der Waals surface area contributed by atoms with Crippen molar-refractivity contribution in [1.82, 2.24) is 9.88 Å². The number of aromatic nitrogens is 1. The lowest BCUT2D eigenvalue weighted by molar-refractivity contribution is 0.162. The molecule has 160 valence electrons. The first-order valence-electron chi connectivity index (χ1n) is 10.8. The lowest BCUT2D eigenvalue weighted by atomic mass is 9.94. The minimum absolute atomic E-state index is 0.115. The number of para-hydroxylation sites is 1. The third kappa shape index (κ3) is 4.08. The summed E-state index contributed by atoms with van der Waals surface area (Å²) in [6.45, 7) is 0.431. The van der Waals surface area contributed by atoms with Gasteiger partial charge < -0.3 is 24.7 Å². The lowest BCUT2D eigenvalue weighted by Gasteiger charge is -2.34. The first kappa shape index (κ1) is 19.5. The van der Waals surface area contributed by atoms with E-state index in [1.54, 1.807) is 6.07 Å². The Hall–Kier alpha value is -3.48. The normalized spacial score (nSPS) is 15.7. The van der Waals surface area contributed by atoms with E-state index in [4.69, 9.17) is 9.47 Å². The second-order valence-corrected chi connectivity index (χ2v) is 8.13. The Morgan fingerprint density at radius 3 is 2.55 bits per heavy atom. The highest BCUT2D eigenvalue weighted by atomic mass is 16.7. The first-order chi connectivity index (χ1) is 15.2. The number of nitrogens with zero attached hydrogens (tertiary/aromatic N) is 1. The summed E-state index contributed by atoms with van der Waals surface area (Å²) in [6, 6.07) is 14.8. The van der Waals surface area contributed by atoms with Crippen molar-refractivity contribution in [3.05, 3.63) is 64.4 Å². The highest BCUT2D eigenvalue weighted by Gasteiger charge is 2.27. The van der Waals surface area contributed by atoms with Crippen molar-refractivity contribution >= 4 is 22.6 Å². The molecule has 3 aromatic rings. The molecule has 1 aromatic heterocycles. The van der Waals surface area contributed by atoms with Gasteiger partial charge in [-0.3, -0.25) is 4.79 Å². The van der Waals surface area contributed by atoms with Gasteiger partial charge in [0.1, 0.15) is 0 Å². The number of nitrogens with one attached hydrogen (secondary N) is 2. The van der Waals surface area contributed by atoms with Crippen molar-refractivity contribution in [2.45, 2.75) is 44.7 Å². The molecular weight excluding hydrogens is 394 g/mol. The number of H-pyrrole nitrogens is 1. The molecule has 0 saturated heterocycles. The van der Waals surface area contributed by atoms with Crippen molar-refractivity contribution in [1.29, 1.82) is 0 Å². The van der Waals surface area contributed by atoms with E-state index in [1.807, 2.05) is 47.4 Å². The van der Waals surface area contributed by atoms with Gasteiger partial charge in [0, 0.05) is 28.7 Å². The Morgan fingerprint density at radius 1 is 1.03 bits per heavy atom. The Labute approximate surface area is 180 Å². The molecule has 2 N–H and O–H groups in total. The molecule has 0 spiro atoms. The molecule has 1 fully saturated rings. The van der Waals surface area contributed by atoms with E-state index < -0.39 is 0 Å². The number of urea groups is 1. The summed E-state index contributed by atoms with van der Waals surface area (Å²) in [5, 5.41) is 3.84. The molecule has 0 bridgehead atoms. The molecule has 0 unspecified atom stereocenters. The number of ether oxygens (including phenoxy) is 2. The molecule has 1 saturated carbocycles. The largest absolute Gasteiger partial charge is 0.454 e. The van der Waals surface area contributed by atoms with Gasteiger partial charge in [0.05, 0.1) is 12.1 Å². The van der Waals surface area contributed by atoms with Crippen molar-refractivity contribution < 1.29 is 14.3 Å². The van der Waals surface area contributed by atoms with Crippen LogP contribution in [0.15, 0.2) is 53.3 Å². The third-order valence-electron chi connectivity index (χ3n) is 6.06. The highest BCUT2D eigenvalue weighted by molar-refractivity contribution is 5.89. The molecule has 0 atom stereocenters. The summed E-state index contributed by atoms with van der Waals surface area (Å²) >= 11 is 0. The standard InChI is InChI=1S/C24H25N3O4/c28-23-17(11-16-12-21-22(31-15-30-21)13-20(16)26-23)14-27(19-9-5-2-6-10-19)24(29)25-18-7-3-1-4-8-18/h1,3-4,7-8,11-13,19H,2,5-6,9-10,14-15H2,(H,25,29)(H,26,28). The number of pyridine rings is 1. The zero-order valence-corrected chi connectivity index (χ0v) is 17.2. The lowest BCUT2D eigenvalue weighted by Crippen LogP contribution is -2.44. The maximum Gasteiger partial charge on any atom is 0.322 e. The molecule has 7 nitrogen and oxygen atoms in total. The zero-order valence-electron chi connectivity index (χ0n) is 17.2. The Kier molecular flexibility index (Phi) is 5.24. The van der Waals surface area contributed by atoms with Gasteiger partial charge >= 0.3 is 6.03 Å². The molecule has 2 aromatic carbocycles. The number of hydrogen-bond acceptors (Lipinski definition) is 4. The van der Waals surface area contributed by atoms with Crippen molar-refractivity contribution in [3.63, 3.8) is 0 Å². The van der Waals surface area contributed by atoms with Gasteiger partial charge in [0.25, 0.3) is 5.56 Å². The summed E-state index contributed by atoms with van der Waals surface area (Å²) in [5.41, 5.74) is 1.80. The quantitative estimate of drug-likeness (QED) is 0.646. The molecule has 2 heterocycles. The van der Waals surface area contributed by atoms with E-state index in [-0.39, 0.29) is 31.0 Å². The van der Waals surface area contributed by atoms with Crippen LogP contribution in [0.2, 0.25) is 0 Å². The predicted octanol–water partition coefficient (Wildman–Crippen LogP) is 4.62. The van der Waals surface area contributed by atoms with Gasteiger partial charge in [-0.15, -0.1) is 0 Å². The van der Waals surface area contributed by atoms with Crippen LogP contribution in [0, 0.1) is 0 Å². The number of amides is 2. The van der Waals surface area contributed by atoms with E-state index in [0.29, 0.717) is 22.6 Å². The smallest absolute Gasteiger partial charge is 0.322 e. The monoisotopic (exact) mass is 419 g/mol. The number of aromatic amines is 1. The predicted molar refractivity (Wildman–Crippen MR) is 119 cm³/mol. The summed E-state index contributed by atoms with van der Waals surface area (Å²) < 4.78 is 10.9. The van der Waals surface area contributed by atoms with Crippen molar-refractivity contribution in [3.8, 4) is 11.5 Å². The molecule has 31 heavy (non-hydrogen) atoms. The summed E-state index contributed by atoms with van der Waals surface area (Å²) in [6.07, 6.45) is 5.28. The Bertz CT molecular complexity index is 1150. The van der Waals surface area contributed by atoms with Gasteiger partial charge in [-0.1, -0.05) is 37.5 Å². The fraction of sp³-hybridized carbons (Fsp3) is 0.333. The van der Waals surface area contributed by atoms with E-state index >= 15 is 0 Å². The number of fused-ring (bicyclic) bond motifs is 2. The number of hydrogen-bond donors (Lipinski definition) is 2. The molecule has 2 amide bonds. The van der Waals surface area contributed by atoms with Gasteiger partial charge in [-0.25, -0.2) is 4.79 Å².